The lowest BCUT2D eigenvalue weighted by molar-refractivity contribution is 0.156. The van der Waals surface area contributed by atoms with Gasteiger partial charge in [-0.3, -0.25) is 4.79 Å². The van der Waals surface area contributed by atoms with Crippen molar-refractivity contribution in [3.8, 4) is 0 Å². The highest BCUT2D eigenvalue weighted by Crippen LogP contribution is 2.16. The minimum absolute atomic E-state index is 0.222. The van der Waals surface area contributed by atoms with Gasteiger partial charge in [0.25, 0.3) is 5.56 Å². The molecule has 2 heterocycles. The Labute approximate surface area is 114 Å². The average Bonchev–Trinajstić information content (AvgIpc) is 2.94. The third kappa shape index (κ3) is 2.10. The first-order valence-electron chi connectivity index (χ1n) is 6.30. The zero-order valence-corrected chi connectivity index (χ0v) is 11.0. The third-order valence-corrected chi connectivity index (χ3v) is 3.28. The lowest BCUT2D eigenvalue weighted by Crippen LogP contribution is -2.22. The minimum Gasteiger partial charge on any atom is -0.387 e. The fraction of sp³-hybridized carbons (Fsp3) is 0.214. The first-order chi connectivity index (χ1) is 9.66. The number of aryl methyl sites for hydroxylation is 1. The third-order valence-electron chi connectivity index (χ3n) is 3.28. The summed E-state index contributed by atoms with van der Waals surface area (Å²) in [6, 6.07) is 10.9. The smallest absolute Gasteiger partial charge is 0.275 e. The van der Waals surface area contributed by atoms with Gasteiger partial charge in [0, 0.05) is 11.8 Å². The molecule has 0 unspecified atom stereocenters. The van der Waals surface area contributed by atoms with Crippen LogP contribution in [0.15, 0.2) is 47.5 Å². The van der Waals surface area contributed by atoms with Crippen molar-refractivity contribution < 1.29 is 5.11 Å². The van der Waals surface area contributed by atoms with Gasteiger partial charge in [0.1, 0.15) is 6.33 Å². The van der Waals surface area contributed by atoms with E-state index in [-0.39, 0.29) is 5.56 Å². The van der Waals surface area contributed by atoms with Crippen LogP contribution in [0, 0.1) is 6.92 Å². The Bertz CT molecular complexity index is 792. The second-order valence-corrected chi connectivity index (χ2v) is 4.63. The molecule has 0 aliphatic carbocycles. The quantitative estimate of drug-likeness (QED) is 0.768. The van der Waals surface area contributed by atoms with Crippen molar-refractivity contribution in [2.24, 2.45) is 0 Å². The minimum atomic E-state index is -0.669. The molecule has 20 heavy (non-hydrogen) atoms. The van der Waals surface area contributed by atoms with E-state index >= 15 is 0 Å². The standard InChI is InChI=1S/C14H14N4O2/c1-10-7-13(20)18-14(15-9-16-18)17(10)8-12(19)11-5-3-2-4-6-11/h2-7,9,12,19H,8H2,1H3/t12-/m1/s1. The first kappa shape index (κ1) is 12.6. The van der Waals surface area contributed by atoms with Crippen LogP contribution in [0.5, 0.6) is 0 Å². The van der Waals surface area contributed by atoms with Crippen molar-refractivity contribution in [2.75, 3.05) is 0 Å². The van der Waals surface area contributed by atoms with E-state index in [1.807, 2.05) is 37.3 Å². The number of fused-ring (bicyclic) bond motifs is 1. The SMILES string of the molecule is Cc1cc(=O)n2ncnc2n1C[C@@H](O)c1ccccc1. The van der Waals surface area contributed by atoms with Crippen LogP contribution >= 0.6 is 0 Å². The van der Waals surface area contributed by atoms with Crippen LogP contribution in [0.2, 0.25) is 0 Å². The summed E-state index contributed by atoms with van der Waals surface area (Å²) < 4.78 is 3.01. The number of hydrogen-bond acceptors (Lipinski definition) is 4. The summed E-state index contributed by atoms with van der Waals surface area (Å²) in [4.78, 5) is 15.8. The number of rotatable bonds is 3. The molecule has 3 aromatic rings. The average molecular weight is 270 g/mol. The molecule has 0 fully saturated rings. The zero-order chi connectivity index (χ0) is 14.1. The van der Waals surface area contributed by atoms with Crippen molar-refractivity contribution in [1.29, 1.82) is 0 Å². The highest BCUT2D eigenvalue weighted by molar-refractivity contribution is 5.30. The summed E-state index contributed by atoms with van der Waals surface area (Å²) in [7, 11) is 0. The molecule has 102 valence electrons. The van der Waals surface area contributed by atoms with Crippen LogP contribution in [-0.4, -0.2) is 24.3 Å². The Morgan fingerprint density at radius 2 is 2.05 bits per heavy atom. The summed E-state index contributed by atoms with van der Waals surface area (Å²) in [5.74, 6) is 0.435. The highest BCUT2D eigenvalue weighted by Gasteiger charge is 2.13. The van der Waals surface area contributed by atoms with E-state index in [9.17, 15) is 9.90 Å². The van der Waals surface area contributed by atoms with Gasteiger partial charge in [-0.1, -0.05) is 30.3 Å². The van der Waals surface area contributed by atoms with E-state index in [4.69, 9.17) is 0 Å². The van der Waals surface area contributed by atoms with E-state index in [0.29, 0.717) is 12.3 Å². The summed E-state index contributed by atoms with van der Waals surface area (Å²) in [6.07, 6.45) is 0.666. The van der Waals surface area contributed by atoms with Gasteiger partial charge in [-0.2, -0.15) is 14.6 Å². The van der Waals surface area contributed by atoms with Crippen molar-refractivity contribution in [2.45, 2.75) is 19.6 Å². The maximum atomic E-state index is 11.8. The number of aliphatic hydroxyl groups excluding tert-OH is 1. The van der Waals surface area contributed by atoms with Gasteiger partial charge in [-0.05, 0) is 12.5 Å². The van der Waals surface area contributed by atoms with Gasteiger partial charge in [0.05, 0.1) is 12.6 Å². The first-order valence-corrected chi connectivity index (χ1v) is 6.30. The molecule has 0 amide bonds. The summed E-state index contributed by atoms with van der Waals surface area (Å²) in [6.45, 7) is 2.13. The molecule has 3 rings (SSSR count). The van der Waals surface area contributed by atoms with Crippen LogP contribution in [-0.2, 0) is 6.54 Å². The molecule has 1 atom stereocenters. The maximum absolute atomic E-state index is 11.8. The molecule has 1 aromatic carbocycles. The summed E-state index contributed by atoms with van der Waals surface area (Å²) >= 11 is 0. The topological polar surface area (TPSA) is 72.4 Å². The van der Waals surface area contributed by atoms with Crippen molar-refractivity contribution >= 4 is 5.78 Å². The molecular weight excluding hydrogens is 256 g/mol. The van der Waals surface area contributed by atoms with Crippen LogP contribution in [0.25, 0.3) is 5.78 Å². The van der Waals surface area contributed by atoms with Gasteiger partial charge >= 0.3 is 0 Å². The Kier molecular flexibility index (Phi) is 3.08. The molecule has 0 aliphatic heterocycles. The maximum Gasteiger partial charge on any atom is 0.275 e. The van der Waals surface area contributed by atoms with Crippen LogP contribution in [0.4, 0.5) is 0 Å². The molecule has 6 heteroatoms. The number of aromatic nitrogens is 4. The molecule has 0 saturated heterocycles. The lowest BCUT2D eigenvalue weighted by atomic mass is 10.1. The Morgan fingerprint density at radius 3 is 2.80 bits per heavy atom. The molecule has 0 spiro atoms. The number of aliphatic hydroxyl groups is 1. The molecule has 0 radical (unpaired) electrons. The highest BCUT2D eigenvalue weighted by atomic mass is 16.3. The van der Waals surface area contributed by atoms with Crippen molar-refractivity contribution in [3.05, 3.63) is 64.3 Å². The van der Waals surface area contributed by atoms with E-state index in [1.165, 1.54) is 16.9 Å². The van der Waals surface area contributed by atoms with Crippen LogP contribution in [0.1, 0.15) is 17.4 Å². The monoisotopic (exact) mass is 270 g/mol. The van der Waals surface area contributed by atoms with E-state index in [2.05, 4.69) is 10.1 Å². The molecule has 0 saturated carbocycles. The molecule has 0 aliphatic rings. The molecule has 6 nitrogen and oxygen atoms in total. The van der Waals surface area contributed by atoms with Gasteiger partial charge in [0.2, 0.25) is 5.78 Å². The lowest BCUT2D eigenvalue weighted by Gasteiger charge is -2.16. The Hall–Kier alpha value is -2.47. The van der Waals surface area contributed by atoms with Crippen molar-refractivity contribution in [1.82, 2.24) is 19.2 Å². The van der Waals surface area contributed by atoms with E-state index in [1.54, 1.807) is 4.57 Å². The summed E-state index contributed by atoms with van der Waals surface area (Å²) in [5.41, 5.74) is 1.34. The Balaban J connectivity index is 2.03. The molecular formula is C14H14N4O2. The normalized spacial score (nSPS) is 12.7. The molecule has 1 N–H and O–H groups in total. The number of benzene rings is 1. The van der Waals surface area contributed by atoms with Gasteiger partial charge in [-0.25, -0.2) is 0 Å². The predicted molar refractivity (Wildman–Crippen MR) is 73.4 cm³/mol. The van der Waals surface area contributed by atoms with Gasteiger partial charge in [0.15, 0.2) is 0 Å². The number of nitrogens with zero attached hydrogens (tertiary/aromatic N) is 4. The predicted octanol–water partition coefficient (Wildman–Crippen LogP) is 0.933. The van der Waals surface area contributed by atoms with Gasteiger partial charge in [-0.15, -0.1) is 0 Å². The van der Waals surface area contributed by atoms with Crippen molar-refractivity contribution in [3.63, 3.8) is 0 Å². The van der Waals surface area contributed by atoms with Crippen LogP contribution in [0.3, 0.4) is 0 Å². The van der Waals surface area contributed by atoms with Gasteiger partial charge < -0.3 is 9.67 Å². The van der Waals surface area contributed by atoms with E-state index in [0.717, 1.165) is 11.3 Å². The molecule has 2 aromatic heterocycles. The van der Waals surface area contributed by atoms with Crippen LogP contribution < -0.4 is 5.56 Å². The fourth-order valence-corrected chi connectivity index (χ4v) is 2.23. The molecule has 0 bridgehead atoms. The zero-order valence-electron chi connectivity index (χ0n) is 11.0. The largest absolute Gasteiger partial charge is 0.387 e. The second-order valence-electron chi connectivity index (χ2n) is 4.63. The fourth-order valence-electron chi connectivity index (χ4n) is 2.23. The van der Waals surface area contributed by atoms with E-state index < -0.39 is 6.10 Å². The Morgan fingerprint density at radius 1 is 1.30 bits per heavy atom. The number of hydrogen-bond donors (Lipinski definition) is 1. The second kappa shape index (κ2) is 4.90. The summed E-state index contributed by atoms with van der Waals surface area (Å²) in [5, 5.41) is 14.2.